The van der Waals surface area contributed by atoms with Gasteiger partial charge < -0.3 is 0 Å². The molecule has 0 aliphatic carbocycles. The zero-order chi connectivity index (χ0) is 10.9. The van der Waals surface area contributed by atoms with E-state index in [0.29, 0.717) is 5.92 Å². The van der Waals surface area contributed by atoms with Crippen LogP contribution in [0.4, 0.5) is 0 Å². The molecule has 0 saturated heterocycles. The van der Waals surface area contributed by atoms with Crippen LogP contribution in [0.15, 0.2) is 30.3 Å². The van der Waals surface area contributed by atoms with Gasteiger partial charge in [-0.1, -0.05) is 69.9 Å². The average molecular weight is 203 g/mol. The van der Waals surface area contributed by atoms with Gasteiger partial charge in [0, 0.05) is 0 Å². The van der Waals surface area contributed by atoms with Crippen LogP contribution in [-0.4, -0.2) is 0 Å². The van der Waals surface area contributed by atoms with Crippen LogP contribution in [0.3, 0.4) is 0 Å². The van der Waals surface area contributed by atoms with Crippen LogP contribution in [0.2, 0.25) is 0 Å². The van der Waals surface area contributed by atoms with Gasteiger partial charge in [0.05, 0.1) is 0 Å². The van der Waals surface area contributed by atoms with Gasteiger partial charge in [0.25, 0.3) is 0 Å². The highest BCUT2D eigenvalue weighted by molar-refractivity contribution is 5.19. The normalized spacial score (nSPS) is 12.7. The second kappa shape index (κ2) is 7.50. The zero-order valence-electron chi connectivity index (χ0n) is 9.91. The van der Waals surface area contributed by atoms with Crippen molar-refractivity contribution in [2.24, 2.45) is 0 Å². The molecule has 1 aromatic carbocycles. The highest BCUT2D eigenvalue weighted by atomic mass is 14.1. The Morgan fingerprint density at radius 2 is 1.80 bits per heavy atom. The molecule has 0 aromatic heterocycles. The van der Waals surface area contributed by atoms with Crippen molar-refractivity contribution >= 4 is 0 Å². The quantitative estimate of drug-likeness (QED) is 0.549. The topological polar surface area (TPSA) is 0 Å². The highest BCUT2D eigenvalue weighted by Crippen LogP contribution is 2.25. The van der Waals surface area contributed by atoms with Crippen molar-refractivity contribution in [3.8, 4) is 0 Å². The summed E-state index contributed by atoms with van der Waals surface area (Å²) in [6.07, 6.45) is 7.74. The van der Waals surface area contributed by atoms with Gasteiger partial charge in [-0.05, 0) is 24.3 Å². The fourth-order valence-electron chi connectivity index (χ4n) is 2.02. The second-order valence-electron chi connectivity index (χ2n) is 4.25. The summed E-state index contributed by atoms with van der Waals surface area (Å²) >= 11 is 0. The maximum absolute atomic E-state index is 4.06. The fourth-order valence-corrected chi connectivity index (χ4v) is 2.02. The SMILES string of the molecule is [CH2]CC(CCCCCC)c1ccccc1. The van der Waals surface area contributed by atoms with Crippen molar-refractivity contribution in [3.05, 3.63) is 42.8 Å². The Bertz CT molecular complexity index is 237. The molecule has 1 unspecified atom stereocenters. The van der Waals surface area contributed by atoms with Crippen LogP contribution in [0.25, 0.3) is 0 Å². The molecule has 0 spiro atoms. The van der Waals surface area contributed by atoms with E-state index in [2.05, 4.69) is 44.2 Å². The molecule has 0 N–H and O–H groups in total. The van der Waals surface area contributed by atoms with E-state index in [1.807, 2.05) is 0 Å². The van der Waals surface area contributed by atoms with E-state index in [1.165, 1.54) is 37.7 Å². The van der Waals surface area contributed by atoms with Crippen LogP contribution < -0.4 is 0 Å². The van der Waals surface area contributed by atoms with Crippen molar-refractivity contribution in [2.75, 3.05) is 0 Å². The van der Waals surface area contributed by atoms with Gasteiger partial charge in [-0.3, -0.25) is 0 Å². The molecule has 0 aliphatic rings. The molecule has 1 atom stereocenters. The van der Waals surface area contributed by atoms with E-state index in [4.69, 9.17) is 0 Å². The van der Waals surface area contributed by atoms with Crippen molar-refractivity contribution in [1.82, 2.24) is 0 Å². The first-order valence-corrected chi connectivity index (χ1v) is 6.22. The first kappa shape index (κ1) is 12.3. The Labute approximate surface area is 94.7 Å². The summed E-state index contributed by atoms with van der Waals surface area (Å²) in [6, 6.07) is 10.8. The largest absolute Gasteiger partial charge is 0.0654 e. The fraction of sp³-hybridized carbons (Fsp3) is 0.533. The van der Waals surface area contributed by atoms with Crippen molar-refractivity contribution < 1.29 is 0 Å². The van der Waals surface area contributed by atoms with E-state index in [1.54, 1.807) is 0 Å². The number of rotatable bonds is 7. The Morgan fingerprint density at radius 3 is 2.40 bits per heavy atom. The molecule has 0 bridgehead atoms. The first-order valence-electron chi connectivity index (χ1n) is 6.22. The summed E-state index contributed by atoms with van der Waals surface area (Å²) in [5.74, 6) is 0.669. The molecule has 1 rings (SSSR count). The minimum Gasteiger partial charge on any atom is -0.0654 e. The van der Waals surface area contributed by atoms with Crippen LogP contribution in [0.5, 0.6) is 0 Å². The molecule has 1 radical (unpaired) electrons. The van der Waals surface area contributed by atoms with Gasteiger partial charge in [0.1, 0.15) is 0 Å². The van der Waals surface area contributed by atoms with Gasteiger partial charge in [-0.15, -0.1) is 0 Å². The maximum Gasteiger partial charge on any atom is -0.0162 e. The standard InChI is InChI=1S/C15H23/c1-3-5-6-8-11-14(4-2)15-12-9-7-10-13-15/h7,9-10,12-14H,2-6,8,11H2,1H3. The van der Waals surface area contributed by atoms with E-state index < -0.39 is 0 Å². The monoisotopic (exact) mass is 203 g/mol. The summed E-state index contributed by atoms with van der Waals surface area (Å²) in [6.45, 7) is 6.32. The number of hydrogen-bond donors (Lipinski definition) is 0. The smallest absolute Gasteiger partial charge is 0.0162 e. The van der Waals surface area contributed by atoms with Gasteiger partial charge in [0.2, 0.25) is 0 Å². The average Bonchev–Trinajstić information content (AvgIpc) is 2.30. The van der Waals surface area contributed by atoms with E-state index in [-0.39, 0.29) is 0 Å². The molecule has 0 heteroatoms. The Balaban J connectivity index is 2.36. The summed E-state index contributed by atoms with van der Waals surface area (Å²) < 4.78 is 0. The lowest BCUT2D eigenvalue weighted by atomic mass is 9.91. The van der Waals surface area contributed by atoms with Gasteiger partial charge >= 0.3 is 0 Å². The molecule has 0 heterocycles. The first-order chi connectivity index (χ1) is 7.38. The third-order valence-corrected chi connectivity index (χ3v) is 3.03. The Hall–Kier alpha value is -0.780. The minimum atomic E-state index is 0.669. The lowest BCUT2D eigenvalue weighted by molar-refractivity contribution is 0.556. The van der Waals surface area contributed by atoms with Gasteiger partial charge in [-0.25, -0.2) is 0 Å². The van der Waals surface area contributed by atoms with Crippen LogP contribution in [0.1, 0.15) is 56.9 Å². The van der Waals surface area contributed by atoms with Crippen LogP contribution in [0, 0.1) is 6.92 Å². The van der Waals surface area contributed by atoms with Crippen molar-refractivity contribution in [1.29, 1.82) is 0 Å². The third-order valence-electron chi connectivity index (χ3n) is 3.03. The molecular weight excluding hydrogens is 180 g/mol. The molecule has 0 amide bonds. The summed E-state index contributed by atoms with van der Waals surface area (Å²) in [4.78, 5) is 0. The molecule has 15 heavy (non-hydrogen) atoms. The summed E-state index contributed by atoms with van der Waals surface area (Å²) in [7, 11) is 0. The van der Waals surface area contributed by atoms with Gasteiger partial charge in [0.15, 0.2) is 0 Å². The molecule has 83 valence electrons. The molecule has 0 fully saturated rings. The minimum absolute atomic E-state index is 0.669. The Morgan fingerprint density at radius 1 is 1.07 bits per heavy atom. The highest BCUT2D eigenvalue weighted by Gasteiger charge is 2.07. The zero-order valence-corrected chi connectivity index (χ0v) is 9.91. The predicted molar refractivity (Wildman–Crippen MR) is 67.9 cm³/mol. The maximum atomic E-state index is 4.06. The second-order valence-corrected chi connectivity index (χ2v) is 4.25. The number of unbranched alkanes of at least 4 members (excludes halogenated alkanes) is 3. The third kappa shape index (κ3) is 4.51. The van der Waals surface area contributed by atoms with Crippen LogP contribution >= 0.6 is 0 Å². The van der Waals surface area contributed by atoms with Crippen molar-refractivity contribution in [3.63, 3.8) is 0 Å². The van der Waals surface area contributed by atoms with E-state index >= 15 is 0 Å². The Kier molecular flexibility index (Phi) is 6.15. The molecule has 0 saturated carbocycles. The van der Waals surface area contributed by atoms with Gasteiger partial charge in [-0.2, -0.15) is 0 Å². The molecule has 0 nitrogen and oxygen atoms in total. The predicted octanol–water partition coefficient (Wildman–Crippen LogP) is 4.96. The summed E-state index contributed by atoms with van der Waals surface area (Å²) in [5, 5.41) is 0. The molecular formula is C15H23. The molecule has 0 aliphatic heterocycles. The molecule has 1 aromatic rings. The van der Waals surface area contributed by atoms with Crippen molar-refractivity contribution in [2.45, 2.75) is 51.4 Å². The number of hydrogen-bond acceptors (Lipinski definition) is 0. The lowest BCUT2D eigenvalue weighted by Crippen LogP contribution is -1.97. The van der Waals surface area contributed by atoms with E-state index in [0.717, 1.165) is 6.42 Å². The van der Waals surface area contributed by atoms with E-state index in [9.17, 15) is 0 Å². The lowest BCUT2D eigenvalue weighted by Gasteiger charge is -2.14. The van der Waals surface area contributed by atoms with Crippen LogP contribution in [-0.2, 0) is 0 Å². The number of benzene rings is 1. The summed E-state index contributed by atoms with van der Waals surface area (Å²) in [5.41, 5.74) is 1.46.